The highest BCUT2D eigenvalue weighted by atomic mass is 35.5. The molecule has 0 saturated carbocycles. The first kappa shape index (κ1) is 11.9. The van der Waals surface area contributed by atoms with E-state index in [4.69, 9.17) is 17.3 Å². The predicted molar refractivity (Wildman–Crippen MR) is 77.9 cm³/mol. The standard InChI is InChI=1S/C14H12ClN3O/c15-9-5-6-12(10(16)7-9)18-8-14(19)17-11-3-1-2-4-13(11)18/h1-7H,8,16H2,(H,17,19). The van der Waals surface area contributed by atoms with Crippen molar-refractivity contribution in [2.75, 3.05) is 22.5 Å². The van der Waals surface area contributed by atoms with Crippen LogP contribution in [-0.4, -0.2) is 12.5 Å². The molecule has 0 unspecified atom stereocenters. The van der Waals surface area contributed by atoms with Crippen LogP contribution in [0.5, 0.6) is 0 Å². The van der Waals surface area contributed by atoms with E-state index in [2.05, 4.69) is 5.32 Å². The summed E-state index contributed by atoms with van der Waals surface area (Å²) in [6, 6.07) is 12.9. The van der Waals surface area contributed by atoms with Crippen molar-refractivity contribution in [1.29, 1.82) is 0 Å². The molecule has 0 spiro atoms. The van der Waals surface area contributed by atoms with Gasteiger partial charge < -0.3 is 16.0 Å². The van der Waals surface area contributed by atoms with Crippen molar-refractivity contribution in [1.82, 2.24) is 0 Å². The van der Waals surface area contributed by atoms with Crippen LogP contribution in [0.2, 0.25) is 5.02 Å². The summed E-state index contributed by atoms with van der Waals surface area (Å²) in [6.07, 6.45) is 0. The van der Waals surface area contributed by atoms with Gasteiger partial charge in [-0.1, -0.05) is 23.7 Å². The summed E-state index contributed by atoms with van der Waals surface area (Å²) in [6.45, 7) is 0.239. The molecule has 1 aliphatic rings. The molecule has 3 rings (SSSR count). The number of benzene rings is 2. The monoisotopic (exact) mass is 273 g/mol. The lowest BCUT2D eigenvalue weighted by Crippen LogP contribution is -2.35. The molecule has 0 aliphatic carbocycles. The average molecular weight is 274 g/mol. The summed E-state index contributed by atoms with van der Waals surface area (Å²) >= 11 is 5.91. The van der Waals surface area contributed by atoms with Crippen LogP contribution in [0.25, 0.3) is 0 Å². The van der Waals surface area contributed by atoms with E-state index in [1.54, 1.807) is 12.1 Å². The van der Waals surface area contributed by atoms with Crippen LogP contribution < -0.4 is 16.0 Å². The molecule has 96 valence electrons. The molecule has 5 heteroatoms. The van der Waals surface area contributed by atoms with E-state index in [-0.39, 0.29) is 12.5 Å². The van der Waals surface area contributed by atoms with Crippen molar-refractivity contribution < 1.29 is 4.79 Å². The predicted octanol–water partition coefficient (Wildman–Crippen LogP) is 3.01. The fourth-order valence-electron chi connectivity index (χ4n) is 2.22. The number of amides is 1. The van der Waals surface area contributed by atoms with E-state index >= 15 is 0 Å². The van der Waals surface area contributed by atoms with Gasteiger partial charge in [-0.25, -0.2) is 0 Å². The summed E-state index contributed by atoms with van der Waals surface area (Å²) in [4.78, 5) is 13.7. The van der Waals surface area contributed by atoms with Gasteiger partial charge in [0.2, 0.25) is 5.91 Å². The number of nitrogens with zero attached hydrogens (tertiary/aromatic N) is 1. The van der Waals surface area contributed by atoms with Gasteiger partial charge in [-0.15, -0.1) is 0 Å². The number of carbonyl (C=O) groups is 1. The molecule has 0 atom stereocenters. The van der Waals surface area contributed by atoms with Crippen molar-refractivity contribution in [3.05, 3.63) is 47.5 Å². The lowest BCUT2D eigenvalue weighted by atomic mass is 10.1. The Morgan fingerprint density at radius 2 is 1.95 bits per heavy atom. The molecule has 1 aliphatic heterocycles. The van der Waals surface area contributed by atoms with Gasteiger partial charge in [-0.3, -0.25) is 4.79 Å². The first-order valence-electron chi connectivity index (χ1n) is 5.86. The normalized spacial score (nSPS) is 13.9. The molecular formula is C14H12ClN3O. The van der Waals surface area contributed by atoms with E-state index in [1.165, 1.54) is 0 Å². The van der Waals surface area contributed by atoms with Gasteiger partial charge in [0.15, 0.2) is 0 Å². The number of anilines is 4. The highest BCUT2D eigenvalue weighted by Crippen LogP contribution is 2.38. The van der Waals surface area contributed by atoms with Crippen molar-refractivity contribution in [2.45, 2.75) is 0 Å². The Kier molecular flexibility index (Phi) is 2.80. The Hall–Kier alpha value is -2.20. The van der Waals surface area contributed by atoms with E-state index in [0.29, 0.717) is 10.7 Å². The summed E-state index contributed by atoms with van der Waals surface area (Å²) in [5.41, 5.74) is 9.05. The smallest absolute Gasteiger partial charge is 0.244 e. The number of fused-ring (bicyclic) bond motifs is 1. The van der Waals surface area contributed by atoms with Gasteiger partial charge in [0, 0.05) is 5.02 Å². The number of halogens is 1. The Balaban J connectivity index is 2.12. The van der Waals surface area contributed by atoms with Crippen LogP contribution in [0.15, 0.2) is 42.5 Å². The van der Waals surface area contributed by atoms with Gasteiger partial charge in [0.25, 0.3) is 0 Å². The molecule has 3 N–H and O–H groups in total. The molecular weight excluding hydrogens is 262 g/mol. The van der Waals surface area contributed by atoms with Crippen LogP contribution in [0.3, 0.4) is 0 Å². The lowest BCUT2D eigenvalue weighted by Gasteiger charge is -2.31. The maximum absolute atomic E-state index is 11.8. The Morgan fingerprint density at radius 1 is 1.16 bits per heavy atom. The summed E-state index contributed by atoms with van der Waals surface area (Å²) in [5.74, 6) is -0.0620. The molecule has 1 amide bonds. The van der Waals surface area contributed by atoms with Gasteiger partial charge in [-0.05, 0) is 30.3 Å². The Bertz CT molecular complexity index is 657. The number of nitrogens with one attached hydrogen (secondary N) is 1. The molecule has 19 heavy (non-hydrogen) atoms. The van der Waals surface area contributed by atoms with Crippen LogP contribution in [0, 0.1) is 0 Å². The zero-order valence-corrected chi connectivity index (χ0v) is 10.8. The largest absolute Gasteiger partial charge is 0.397 e. The summed E-state index contributed by atoms with van der Waals surface area (Å²) in [5, 5.41) is 3.42. The van der Waals surface area contributed by atoms with Crippen molar-refractivity contribution >= 4 is 40.3 Å². The van der Waals surface area contributed by atoms with E-state index in [0.717, 1.165) is 17.1 Å². The second-order valence-corrected chi connectivity index (χ2v) is 4.79. The van der Waals surface area contributed by atoms with Gasteiger partial charge in [0.1, 0.15) is 6.54 Å². The number of nitrogen functional groups attached to an aromatic ring is 1. The maximum Gasteiger partial charge on any atom is 0.244 e. The minimum absolute atomic E-state index is 0.0620. The molecule has 0 saturated heterocycles. The number of nitrogens with two attached hydrogens (primary N) is 1. The number of hydrogen-bond donors (Lipinski definition) is 2. The number of rotatable bonds is 1. The zero-order chi connectivity index (χ0) is 13.4. The molecule has 4 nitrogen and oxygen atoms in total. The lowest BCUT2D eigenvalue weighted by molar-refractivity contribution is -0.115. The third kappa shape index (κ3) is 2.11. The number of carbonyl (C=O) groups excluding carboxylic acids is 1. The van der Waals surface area contributed by atoms with Crippen LogP contribution in [-0.2, 0) is 4.79 Å². The third-order valence-corrected chi connectivity index (χ3v) is 3.29. The van der Waals surface area contributed by atoms with Gasteiger partial charge in [0.05, 0.1) is 22.7 Å². The van der Waals surface area contributed by atoms with Crippen molar-refractivity contribution in [3.8, 4) is 0 Å². The quantitative estimate of drug-likeness (QED) is 0.785. The SMILES string of the molecule is Nc1cc(Cl)ccc1N1CC(=O)Nc2ccccc21. The third-order valence-electron chi connectivity index (χ3n) is 3.05. The Labute approximate surface area is 115 Å². The van der Waals surface area contributed by atoms with Crippen LogP contribution >= 0.6 is 11.6 Å². The summed E-state index contributed by atoms with van der Waals surface area (Å²) < 4.78 is 0. The van der Waals surface area contributed by atoms with E-state index in [1.807, 2.05) is 35.2 Å². The van der Waals surface area contributed by atoms with E-state index in [9.17, 15) is 4.79 Å². The fraction of sp³-hybridized carbons (Fsp3) is 0.0714. The summed E-state index contributed by atoms with van der Waals surface area (Å²) in [7, 11) is 0. The van der Waals surface area contributed by atoms with Crippen LogP contribution in [0.4, 0.5) is 22.7 Å². The van der Waals surface area contributed by atoms with Gasteiger partial charge in [-0.2, -0.15) is 0 Å². The van der Waals surface area contributed by atoms with E-state index < -0.39 is 0 Å². The first-order valence-corrected chi connectivity index (χ1v) is 6.24. The molecule has 0 aromatic heterocycles. The number of para-hydroxylation sites is 2. The van der Waals surface area contributed by atoms with Gasteiger partial charge >= 0.3 is 0 Å². The minimum Gasteiger partial charge on any atom is -0.397 e. The minimum atomic E-state index is -0.0620. The Morgan fingerprint density at radius 3 is 2.74 bits per heavy atom. The molecule has 1 heterocycles. The molecule has 0 fully saturated rings. The average Bonchev–Trinajstić information content (AvgIpc) is 2.38. The van der Waals surface area contributed by atoms with Crippen molar-refractivity contribution in [3.63, 3.8) is 0 Å². The maximum atomic E-state index is 11.8. The first-order chi connectivity index (χ1) is 9.15. The fourth-order valence-corrected chi connectivity index (χ4v) is 2.40. The molecule has 0 bridgehead atoms. The topological polar surface area (TPSA) is 58.4 Å². The highest BCUT2D eigenvalue weighted by molar-refractivity contribution is 6.31. The zero-order valence-electron chi connectivity index (χ0n) is 10.1. The van der Waals surface area contributed by atoms with Crippen molar-refractivity contribution in [2.24, 2.45) is 0 Å². The second-order valence-electron chi connectivity index (χ2n) is 4.35. The second kappa shape index (κ2) is 4.48. The molecule has 2 aromatic rings. The number of hydrogen-bond acceptors (Lipinski definition) is 3. The highest BCUT2D eigenvalue weighted by Gasteiger charge is 2.23. The molecule has 0 radical (unpaired) electrons. The molecule has 2 aromatic carbocycles. The van der Waals surface area contributed by atoms with Crippen LogP contribution in [0.1, 0.15) is 0 Å².